The first kappa shape index (κ1) is 16.0. The highest BCUT2D eigenvalue weighted by molar-refractivity contribution is 6.32. The van der Waals surface area contributed by atoms with E-state index in [4.69, 9.17) is 11.6 Å². The molecule has 1 heteroatoms. The van der Waals surface area contributed by atoms with E-state index in [1.807, 2.05) is 12.1 Å². The van der Waals surface area contributed by atoms with Gasteiger partial charge in [-0.1, -0.05) is 74.7 Å². The Morgan fingerprint density at radius 1 is 1.21 bits per heavy atom. The van der Waals surface area contributed by atoms with Crippen molar-refractivity contribution in [3.63, 3.8) is 0 Å². The third-order valence-corrected chi connectivity index (χ3v) is 3.37. The summed E-state index contributed by atoms with van der Waals surface area (Å²) in [6, 6.07) is 8.10. The molecule has 0 heterocycles. The lowest BCUT2D eigenvalue weighted by Crippen LogP contribution is -1.89. The minimum atomic E-state index is 0.708. The average Bonchev–Trinajstić information content (AvgIpc) is 2.34. The molecule has 104 valence electrons. The number of halogens is 1. The van der Waals surface area contributed by atoms with Gasteiger partial charge in [-0.3, -0.25) is 0 Å². The van der Waals surface area contributed by atoms with Crippen LogP contribution in [0.25, 0.3) is 5.57 Å². The highest BCUT2D eigenvalue weighted by Crippen LogP contribution is 2.27. The van der Waals surface area contributed by atoms with Crippen molar-refractivity contribution in [2.75, 3.05) is 0 Å². The summed E-state index contributed by atoms with van der Waals surface area (Å²) in [6.07, 6.45) is 7.83. The van der Waals surface area contributed by atoms with E-state index in [0.717, 1.165) is 24.3 Å². The summed E-state index contributed by atoms with van der Waals surface area (Å²) >= 11 is 6.29. The number of hydrogen-bond donors (Lipinski definition) is 0. The number of rotatable bonds is 6. The van der Waals surface area contributed by atoms with Crippen molar-refractivity contribution >= 4 is 17.2 Å². The van der Waals surface area contributed by atoms with Gasteiger partial charge >= 0.3 is 0 Å². The largest absolute Gasteiger partial charge is 0.0837 e. The fourth-order valence-electron chi connectivity index (χ4n) is 2.25. The lowest BCUT2D eigenvalue weighted by Gasteiger charge is -2.09. The topological polar surface area (TPSA) is 0 Å². The van der Waals surface area contributed by atoms with Gasteiger partial charge in [-0.05, 0) is 42.9 Å². The zero-order valence-electron chi connectivity index (χ0n) is 12.5. The van der Waals surface area contributed by atoms with Gasteiger partial charge in [0, 0.05) is 5.02 Å². The molecule has 0 nitrogen and oxygen atoms in total. The molecule has 0 N–H and O–H groups in total. The Morgan fingerprint density at radius 3 is 2.47 bits per heavy atom. The summed E-state index contributed by atoms with van der Waals surface area (Å²) < 4.78 is 0. The standard InChI is InChI=1S/C18H25Cl/c1-5-8-16(12-11-15(4)13-14(2)3)17-9-6-7-10-18(17)19/h6-7,9-12,14H,5,8,13H2,1-4H3/b15-11+,16-12+. The molecule has 0 saturated heterocycles. The molecule has 0 aromatic heterocycles. The van der Waals surface area contributed by atoms with E-state index in [-0.39, 0.29) is 0 Å². The maximum Gasteiger partial charge on any atom is 0.0481 e. The number of hydrogen-bond acceptors (Lipinski definition) is 0. The van der Waals surface area contributed by atoms with Crippen molar-refractivity contribution < 1.29 is 0 Å². The summed E-state index contributed by atoms with van der Waals surface area (Å²) in [7, 11) is 0. The van der Waals surface area contributed by atoms with Crippen LogP contribution in [0.4, 0.5) is 0 Å². The summed E-state index contributed by atoms with van der Waals surface area (Å²) in [5.41, 5.74) is 3.92. The van der Waals surface area contributed by atoms with Crippen LogP contribution >= 0.6 is 11.6 Å². The van der Waals surface area contributed by atoms with Crippen LogP contribution < -0.4 is 0 Å². The maximum absolute atomic E-state index is 6.29. The average molecular weight is 277 g/mol. The van der Waals surface area contributed by atoms with E-state index < -0.39 is 0 Å². The first-order valence-corrected chi connectivity index (χ1v) is 7.53. The minimum absolute atomic E-state index is 0.708. The summed E-state index contributed by atoms with van der Waals surface area (Å²) in [4.78, 5) is 0. The zero-order chi connectivity index (χ0) is 14.3. The van der Waals surface area contributed by atoms with Crippen LogP contribution in [0.1, 0.15) is 52.5 Å². The van der Waals surface area contributed by atoms with Crippen LogP contribution in [0, 0.1) is 5.92 Å². The lowest BCUT2D eigenvalue weighted by atomic mass is 9.99. The van der Waals surface area contributed by atoms with Crippen molar-refractivity contribution in [1.29, 1.82) is 0 Å². The molecule has 0 radical (unpaired) electrons. The Bertz CT molecular complexity index is 453. The van der Waals surface area contributed by atoms with Crippen molar-refractivity contribution in [3.8, 4) is 0 Å². The van der Waals surface area contributed by atoms with E-state index in [1.165, 1.54) is 16.7 Å². The van der Waals surface area contributed by atoms with Crippen LogP contribution in [-0.4, -0.2) is 0 Å². The summed E-state index contributed by atoms with van der Waals surface area (Å²) in [6.45, 7) is 8.91. The van der Waals surface area contributed by atoms with Gasteiger partial charge in [0.1, 0.15) is 0 Å². The molecule has 0 spiro atoms. The molecule has 19 heavy (non-hydrogen) atoms. The molecule has 0 unspecified atom stereocenters. The Hall–Kier alpha value is -1.01. The fourth-order valence-corrected chi connectivity index (χ4v) is 2.51. The second-order valence-electron chi connectivity index (χ2n) is 5.53. The number of benzene rings is 1. The Morgan fingerprint density at radius 2 is 1.89 bits per heavy atom. The third-order valence-electron chi connectivity index (χ3n) is 3.04. The highest BCUT2D eigenvalue weighted by atomic mass is 35.5. The smallest absolute Gasteiger partial charge is 0.0481 e. The van der Waals surface area contributed by atoms with Crippen molar-refractivity contribution in [3.05, 3.63) is 52.6 Å². The van der Waals surface area contributed by atoms with Gasteiger partial charge in [-0.25, -0.2) is 0 Å². The van der Waals surface area contributed by atoms with E-state index in [2.05, 4.69) is 52.0 Å². The Balaban J connectivity index is 2.98. The molecule has 0 saturated carbocycles. The molecule has 0 amide bonds. The van der Waals surface area contributed by atoms with Crippen LogP contribution in [0.2, 0.25) is 5.02 Å². The molecular formula is C18H25Cl. The predicted molar refractivity (Wildman–Crippen MR) is 87.5 cm³/mol. The van der Waals surface area contributed by atoms with Crippen molar-refractivity contribution in [1.82, 2.24) is 0 Å². The highest BCUT2D eigenvalue weighted by Gasteiger charge is 2.04. The normalized spacial score (nSPS) is 13.2. The summed E-state index contributed by atoms with van der Waals surface area (Å²) in [5, 5.41) is 0.845. The SMILES string of the molecule is CCC/C(=C\C=C(/C)CC(C)C)c1ccccc1Cl. The van der Waals surface area contributed by atoms with Crippen LogP contribution in [0.15, 0.2) is 42.0 Å². The second kappa shape index (κ2) is 8.22. The van der Waals surface area contributed by atoms with E-state index >= 15 is 0 Å². The maximum atomic E-state index is 6.29. The molecular weight excluding hydrogens is 252 g/mol. The molecule has 0 aliphatic carbocycles. The minimum Gasteiger partial charge on any atom is -0.0837 e. The predicted octanol–water partition coefficient (Wildman–Crippen LogP) is 6.52. The van der Waals surface area contributed by atoms with Crippen LogP contribution in [0.3, 0.4) is 0 Å². The van der Waals surface area contributed by atoms with Gasteiger partial charge in [0.25, 0.3) is 0 Å². The van der Waals surface area contributed by atoms with Crippen LogP contribution in [0.5, 0.6) is 0 Å². The van der Waals surface area contributed by atoms with Crippen molar-refractivity contribution in [2.24, 2.45) is 5.92 Å². The molecule has 1 aromatic carbocycles. The molecule has 0 fully saturated rings. The first-order chi connectivity index (χ1) is 9.04. The van der Waals surface area contributed by atoms with Gasteiger partial charge in [-0.2, -0.15) is 0 Å². The zero-order valence-corrected chi connectivity index (χ0v) is 13.3. The molecule has 0 bridgehead atoms. The van der Waals surface area contributed by atoms with Crippen molar-refractivity contribution in [2.45, 2.75) is 47.0 Å². The van der Waals surface area contributed by atoms with E-state index in [9.17, 15) is 0 Å². The van der Waals surface area contributed by atoms with Crippen LogP contribution in [-0.2, 0) is 0 Å². The van der Waals surface area contributed by atoms with Gasteiger partial charge in [0.15, 0.2) is 0 Å². The number of allylic oxidation sites excluding steroid dienone is 4. The van der Waals surface area contributed by atoms with Gasteiger partial charge in [0.05, 0.1) is 0 Å². The lowest BCUT2D eigenvalue weighted by molar-refractivity contribution is 0.642. The monoisotopic (exact) mass is 276 g/mol. The molecule has 1 rings (SSSR count). The second-order valence-corrected chi connectivity index (χ2v) is 5.94. The quantitative estimate of drug-likeness (QED) is 0.519. The Labute approximate surface area is 123 Å². The van der Waals surface area contributed by atoms with Gasteiger partial charge in [0.2, 0.25) is 0 Å². The molecule has 1 aromatic rings. The first-order valence-electron chi connectivity index (χ1n) is 7.15. The summed E-state index contributed by atoms with van der Waals surface area (Å²) in [5.74, 6) is 0.708. The fraction of sp³-hybridized carbons (Fsp3) is 0.444. The third kappa shape index (κ3) is 5.65. The van der Waals surface area contributed by atoms with Gasteiger partial charge < -0.3 is 0 Å². The van der Waals surface area contributed by atoms with E-state index in [0.29, 0.717) is 5.92 Å². The van der Waals surface area contributed by atoms with E-state index in [1.54, 1.807) is 0 Å². The van der Waals surface area contributed by atoms with Gasteiger partial charge in [-0.15, -0.1) is 0 Å². The molecule has 0 aliphatic heterocycles. The Kier molecular flexibility index (Phi) is 6.94. The molecule has 0 aliphatic rings. The molecule has 0 atom stereocenters.